The van der Waals surface area contributed by atoms with E-state index in [-0.39, 0.29) is 0 Å². The van der Waals surface area contributed by atoms with E-state index in [1.165, 1.54) is 5.56 Å². The molecule has 0 bridgehead atoms. The van der Waals surface area contributed by atoms with Crippen molar-refractivity contribution >= 4 is 6.21 Å². The van der Waals surface area contributed by atoms with E-state index in [0.29, 0.717) is 6.04 Å². The second kappa shape index (κ2) is 4.34. The van der Waals surface area contributed by atoms with E-state index in [0.717, 1.165) is 18.7 Å². The Morgan fingerprint density at radius 2 is 2.13 bits per heavy atom. The summed E-state index contributed by atoms with van der Waals surface area (Å²) in [7, 11) is 1.68. The lowest BCUT2D eigenvalue weighted by Crippen LogP contribution is -2.22. The molecule has 1 unspecified atom stereocenters. The summed E-state index contributed by atoms with van der Waals surface area (Å²) in [5.74, 6) is 0.900. The zero-order valence-corrected chi connectivity index (χ0v) is 9.18. The molecule has 1 aliphatic rings. The minimum Gasteiger partial charge on any atom is -0.497 e. The quantitative estimate of drug-likeness (QED) is 0.754. The number of hydrogen-bond donors (Lipinski definition) is 0. The van der Waals surface area contributed by atoms with Crippen LogP contribution in [0.4, 0.5) is 0 Å². The zero-order chi connectivity index (χ0) is 10.7. The highest BCUT2D eigenvalue weighted by Crippen LogP contribution is 2.17. The van der Waals surface area contributed by atoms with Gasteiger partial charge in [0.25, 0.3) is 0 Å². The van der Waals surface area contributed by atoms with Crippen molar-refractivity contribution in [1.29, 1.82) is 0 Å². The first-order valence-electron chi connectivity index (χ1n) is 5.21. The van der Waals surface area contributed by atoms with Gasteiger partial charge in [-0.25, -0.2) is 0 Å². The van der Waals surface area contributed by atoms with Gasteiger partial charge in [-0.05, 0) is 24.6 Å². The molecule has 1 aliphatic heterocycles. The number of ether oxygens (including phenoxy) is 1. The number of rotatable bonds is 3. The van der Waals surface area contributed by atoms with Crippen LogP contribution >= 0.6 is 0 Å². The number of hydrazone groups is 1. The summed E-state index contributed by atoms with van der Waals surface area (Å²) in [6.07, 6.45) is 3.03. The highest BCUT2D eigenvalue weighted by atomic mass is 16.5. The van der Waals surface area contributed by atoms with Crippen LogP contribution in [0.2, 0.25) is 0 Å². The third kappa shape index (κ3) is 2.29. The van der Waals surface area contributed by atoms with Crippen LogP contribution in [0, 0.1) is 0 Å². The maximum atomic E-state index is 5.12. The summed E-state index contributed by atoms with van der Waals surface area (Å²) in [5, 5.41) is 6.44. The lowest BCUT2D eigenvalue weighted by molar-refractivity contribution is 0.236. The van der Waals surface area contributed by atoms with Gasteiger partial charge in [0.05, 0.1) is 13.7 Å². The Balaban J connectivity index is 2.01. The molecule has 0 saturated heterocycles. The molecule has 1 aromatic carbocycles. The highest BCUT2D eigenvalue weighted by molar-refractivity contribution is 5.59. The van der Waals surface area contributed by atoms with Gasteiger partial charge in [-0.3, -0.25) is 5.01 Å². The van der Waals surface area contributed by atoms with Gasteiger partial charge in [0.2, 0.25) is 0 Å². The van der Waals surface area contributed by atoms with Crippen molar-refractivity contribution in [3.8, 4) is 5.75 Å². The van der Waals surface area contributed by atoms with E-state index in [1.54, 1.807) is 7.11 Å². The molecule has 2 rings (SSSR count). The molecule has 0 aromatic heterocycles. The van der Waals surface area contributed by atoms with Crippen LogP contribution in [0.25, 0.3) is 0 Å². The molecule has 0 aliphatic carbocycles. The van der Waals surface area contributed by atoms with Crippen molar-refractivity contribution in [2.75, 3.05) is 7.11 Å². The first kappa shape index (κ1) is 10.0. The molecule has 1 atom stereocenters. The Morgan fingerprint density at radius 1 is 1.40 bits per heavy atom. The van der Waals surface area contributed by atoms with Crippen LogP contribution in [0.5, 0.6) is 5.75 Å². The monoisotopic (exact) mass is 204 g/mol. The molecular formula is C12H16N2O. The average molecular weight is 204 g/mol. The van der Waals surface area contributed by atoms with Crippen molar-refractivity contribution in [3.05, 3.63) is 29.8 Å². The summed E-state index contributed by atoms with van der Waals surface area (Å²) in [5.41, 5.74) is 1.27. The molecule has 3 nitrogen and oxygen atoms in total. The summed E-state index contributed by atoms with van der Waals surface area (Å²) in [6.45, 7) is 3.07. The van der Waals surface area contributed by atoms with E-state index in [4.69, 9.17) is 4.74 Å². The Morgan fingerprint density at radius 3 is 2.67 bits per heavy atom. The average Bonchev–Trinajstić information content (AvgIpc) is 2.66. The lowest BCUT2D eigenvalue weighted by Gasteiger charge is -2.20. The van der Waals surface area contributed by atoms with Crippen LogP contribution in [-0.2, 0) is 6.54 Å². The predicted octanol–water partition coefficient (Wildman–Crippen LogP) is 2.28. The maximum Gasteiger partial charge on any atom is 0.118 e. The fourth-order valence-corrected chi connectivity index (χ4v) is 1.65. The number of benzene rings is 1. The standard InChI is InChI=1S/C12H16N2O/c1-10-7-8-13-14(10)9-11-3-5-12(15-2)6-4-11/h3-6,8,10H,7,9H2,1-2H3. The lowest BCUT2D eigenvalue weighted by atomic mass is 10.2. The second-order valence-corrected chi connectivity index (χ2v) is 3.83. The molecule has 0 fully saturated rings. The van der Waals surface area contributed by atoms with Crippen molar-refractivity contribution in [1.82, 2.24) is 5.01 Å². The van der Waals surface area contributed by atoms with Crippen molar-refractivity contribution in [3.63, 3.8) is 0 Å². The second-order valence-electron chi connectivity index (χ2n) is 3.83. The Bertz CT molecular complexity index is 345. The summed E-state index contributed by atoms with van der Waals surface area (Å²) < 4.78 is 5.12. The van der Waals surface area contributed by atoms with Gasteiger partial charge in [0.1, 0.15) is 5.75 Å². The highest BCUT2D eigenvalue weighted by Gasteiger charge is 2.15. The zero-order valence-electron chi connectivity index (χ0n) is 9.18. The molecule has 15 heavy (non-hydrogen) atoms. The molecule has 0 spiro atoms. The Hall–Kier alpha value is -1.51. The van der Waals surface area contributed by atoms with Gasteiger partial charge in [-0.2, -0.15) is 5.10 Å². The molecule has 3 heteroatoms. The first-order chi connectivity index (χ1) is 7.29. The van der Waals surface area contributed by atoms with Gasteiger partial charge < -0.3 is 4.74 Å². The maximum absolute atomic E-state index is 5.12. The molecule has 0 N–H and O–H groups in total. The van der Waals surface area contributed by atoms with E-state index in [9.17, 15) is 0 Å². The molecule has 80 valence electrons. The molecule has 0 amide bonds. The largest absolute Gasteiger partial charge is 0.497 e. The van der Waals surface area contributed by atoms with Crippen LogP contribution in [0.15, 0.2) is 29.4 Å². The van der Waals surface area contributed by atoms with Crippen molar-refractivity contribution in [2.45, 2.75) is 25.9 Å². The molecule has 0 radical (unpaired) electrons. The third-order valence-corrected chi connectivity index (χ3v) is 2.69. The summed E-state index contributed by atoms with van der Waals surface area (Å²) >= 11 is 0. The molecule has 1 aromatic rings. The van der Waals surface area contributed by atoms with Gasteiger partial charge in [-0.1, -0.05) is 12.1 Å². The van der Waals surface area contributed by atoms with Gasteiger partial charge in [-0.15, -0.1) is 0 Å². The first-order valence-corrected chi connectivity index (χ1v) is 5.21. The number of methoxy groups -OCH3 is 1. The minimum absolute atomic E-state index is 0.520. The van der Waals surface area contributed by atoms with Crippen LogP contribution in [0.1, 0.15) is 18.9 Å². The van der Waals surface area contributed by atoms with E-state index in [2.05, 4.69) is 29.2 Å². The topological polar surface area (TPSA) is 24.8 Å². The van der Waals surface area contributed by atoms with E-state index in [1.807, 2.05) is 18.3 Å². The minimum atomic E-state index is 0.520. The van der Waals surface area contributed by atoms with E-state index < -0.39 is 0 Å². The Labute approximate surface area is 90.4 Å². The number of hydrogen-bond acceptors (Lipinski definition) is 3. The predicted molar refractivity (Wildman–Crippen MR) is 61.1 cm³/mol. The summed E-state index contributed by atoms with van der Waals surface area (Å²) in [6, 6.07) is 8.66. The number of nitrogens with zero attached hydrogens (tertiary/aromatic N) is 2. The van der Waals surface area contributed by atoms with Gasteiger partial charge in [0, 0.05) is 18.7 Å². The Kier molecular flexibility index (Phi) is 2.90. The summed E-state index contributed by atoms with van der Waals surface area (Å²) in [4.78, 5) is 0. The fourth-order valence-electron chi connectivity index (χ4n) is 1.65. The van der Waals surface area contributed by atoms with Crippen LogP contribution in [-0.4, -0.2) is 24.4 Å². The van der Waals surface area contributed by atoms with Gasteiger partial charge in [0.15, 0.2) is 0 Å². The van der Waals surface area contributed by atoms with Crippen molar-refractivity contribution < 1.29 is 4.74 Å². The van der Waals surface area contributed by atoms with Crippen molar-refractivity contribution in [2.24, 2.45) is 5.10 Å². The normalized spacial score (nSPS) is 19.6. The molecular weight excluding hydrogens is 188 g/mol. The van der Waals surface area contributed by atoms with Gasteiger partial charge >= 0.3 is 0 Å². The molecule has 1 heterocycles. The third-order valence-electron chi connectivity index (χ3n) is 2.69. The SMILES string of the molecule is COc1ccc(CN2N=CCC2C)cc1. The smallest absolute Gasteiger partial charge is 0.118 e. The van der Waals surface area contributed by atoms with Crippen LogP contribution < -0.4 is 4.74 Å². The van der Waals surface area contributed by atoms with E-state index >= 15 is 0 Å². The fraction of sp³-hybridized carbons (Fsp3) is 0.417. The van der Waals surface area contributed by atoms with Crippen LogP contribution in [0.3, 0.4) is 0 Å². The molecule has 0 saturated carbocycles.